The van der Waals surface area contributed by atoms with Gasteiger partial charge in [-0.1, -0.05) is 0 Å². The Labute approximate surface area is 66.3 Å². The highest BCUT2D eigenvalue weighted by Crippen LogP contribution is 1.84. The third kappa shape index (κ3) is 26.8. The minimum atomic E-state index is -1.00. The number of hydrogen-bond acceptors (Lipinski definition) is 5. The number of hydrogen-bond donors (Lipinski definition) is 3. The van der Waals surface area contributed by atoms with Crippen molar-refractivity contribution in [2.24, 2.45) is 11.7 Å². The fraction of sp³-hybridized carbons (Fsp3) is 0.800. The molecule has 0 aliphatic carbocycles. The molecule has 0 aliphatic rings. The molecule has 0 unspecified atom stereocenters. The van der Waals surface area contributed by atoms with Gasteiger partial charge in [0.2, 0.25) is 0 Å². The number of carbonyl (C=O) groups is 1. The number of carboxylic acids is 1. The van der Waals surface area contributed by atoms with Gasteiger partial charge >= 0.3 is 0 Å². The van der Waals surface area contributed by atoms with Gasteiger partial charge in [-0.2, -0.15) is 5.53 Å². The Morgan fingerprint density at radius 1 is 1.45 bits per heavy atom. The molecule has 0 saturated heterocycles. The molecule has 0 spiro atoms. The summed E-state index contributed by atoms with van der Waals surface area (Å²) in [6.07, 6.45) is 0. The monoisotopic (exact) mass is 164 g/mol. The van der Waals surface area contributed by atoms with Crippen molar-refractivity contribution in [1.82, 2.24) is 5.53 Å². The van der Waals surface area contributed by atoms with Crippen molar-refractivity contribution in [2.45, 2.75) is 0 Å². The molecule has 0 amide bonds. The van der Waals surface area contributed by atoms with Gasteiger partial charge in [0, 0.05) is 0 Å². The second kappa shape index (κ2) is 6.05. The van der Waals surface area contributed by atoms with Crippen LogP contribution in [0.4, 0.5) is 0 Å². The quantitative estimate of drug-likeness (QED) is 0.226. The number of carboxylic acid groups (broad SMARTS) is 1. The van der Waals surface area contributed by atoms with Gasteiger partial charge in [-0.3, -0.25) is 11.7 Å². The summed E-state index contributed by atoms with van der Waals surface area (Å²) in [6, 6.07) is 0. The zero-order chi connectivity index (χ0) is 9.49. The lowest BCUT2D eigenvalue weighted by atomic mass is 10.5. The van der Waals surface area contributed by atoms with Gasteiger partial charge < -0.3 is 14.4 Å². The molecule has 11 heavy (non-hydrogen) atoms. The van der Waals surface area contributed by atoms with Crippen LogP contribution in [0.5, 0.6) is 0 Å². The SMILES string of the molecule is C[N+](C)(C)CC(=O)[O-].NNN. The summed E-state index contributed by atoms with van der Waals surface area (Å²) in [5, 5.41) is 9.89. The van der Waals surface area contributed by atoms with Crippen LogP contribution in [-0.4, -0.2) is 38.1 Å². The normalized spacial score (nSPS) is 9.91. The number of nitrogens with one attached hydrogen (secondary N) is 1. The van der Waals surface area contributed by atoms with E-state index in [9.17, 15) is 9.90 Å². The van der Waals surface area contributed by atoms with Gasteiger partial charge in [0.25, 0.3) is 0 Å². The Bertz CT molecular complexity index is 110. The first-order chi connectivity index (χ1) is 4.83. The molecule has 0 atom stereocenters. The predicted molar refractivity (Wildman–Crippen MR) is 39.4 cm³/mol. The van der Waals surface area contributed by atoms with Crippen LogP contribution in [0.1, 0.15) is 0 Å². The highest BCUT2D eigenvalue weighted by Gasteiger charge is 2.04. The van der Waals surface area contributed by atoms with Crippen LogP contribution in [0.25, 0.3) is 0 Å². The van der Waals surface area contributed by atoms with E-state index in [-0.39, 0.29) is 6.54 Å². The van der Waals surface area contributed by atoms with E-state index in [4.69, 9.17) is 0 Å². The molecular weight excluding hydrogens is 148 g/mol. The molecule has 0 fully saturated rings. The molecule has 6 heteroatoms. The molecule has 0 aromatic carbocycles. The predicted octanol–water partition coefficient (Wildman–Crippen LogP) is -3.23. The van der Waals surface area contributed by atoms with E-state index in [2.05, 4.69) is 11.7 Å². The molecule has 0 rings (SSSR count). The largest absolute Gasteiger partial charge is 0.544 e. The first-order valence-electron chi connectivity index (χ1n) is 3.00. The lowest BCUT2D eigenvalue weighted by molar-refractivity contribution is -0.864. The molecule has 0 radical (unpaired) electrons. The van der Waals surface area contributed by atoms with E-state index in [1.54, 1.807) is 26.7 Å². The number of nitrogens with zero attached hydrogens (tertiary/aromatic N) is 1. The Hall–Kier alpha value is -0.690. The third-order valence-corrected chi connectivity index (χ3v) is 0.603. The zero-order valence-electron chi connectivity index (χ0n) is 7.13. The van der Waals surface area contributed by atoms with E-state index < -0.39 is 5.97 Å². The summed E-state index contributed by atoms with van der Waals surface area (Å²) >= 11 is 0. The molecule has 0 heterocycles. The maximum absolute atomic E-state index is 9.89. The van der Waals surface area contributed by atoms with Crippen molar-refractivity contribution in [3.63, 3.8) is 0 Å². The lowest BCUT2D eigenvalue weighted by Crippen LogP contribution is -2.45. The van der Waals surface area contributed by atoms with Crippen molar-refractivity contribution >= 4 is 5.97 Å². The Morgan fingerprint density at radius 2 is 1.73 bits per heavy atom. The number of hydrazine groups is 2. The molecule has 68 valence electrons. The Balaban J connectivity index is 0. The van der Waals surface area contributed by atoms with E-state index in [1.165, 1.54) is 0 Å². The summed E-state index contributed by atoms with van der Waals surface area (Å²) in [5.74, 6) is 7.75. The Morgan fingerprint density at radius 3 is 1.73 bits per heavy atom. The second-order valence-corrected chi connectivity index (χ2v) is 2.99. The van der Waals surface area contributed by atoms with Crippen LogP contribution in [0.2, 0.25) is 0 Å². The summed E-state index contributed by atoms with van der Waals surface area (Å²) in [7, 11) is 5.40. The van der Waals surface area contributed by atoms with Crippen LogP contribution >= 0.6 is 0 Å². The molecule has 0 saturated carbocycles. The van der Waals surface area contributed by atoms with Crippen molar-refractivity contribution in [1.29, 1.82) is 0 Å². The molecule has 0 bridgehead atoms. The van der Waals surface area contributed by atoms with E-state index in [0.717, 1.165) is 0 Å². The third-order valence-electron chi connectivity index (χ3n) is 0.603. The van der Waals surface area contributed by atoms with Crippen molar-refractivity contribution in [2.75, 3.05) is 27.7 Å². The number of carbonyl (C=O) groups excluding carboxylic acids is 1. The number of rotatable bonds is 2. The average molecular weight is 164 g/mol. The average Bonchev–Trinajstić information content (AvgIpc) is 1.57. The lowest BCUT2D eigenvalue weighted by Gasteiger charge is -2.23. The summed E-state index contributed by atoms with van der Waals surface area (Å²) in [5.41, 5.74) is 1.75. The number of quaternary nitrogens is 1. The van der Waals surface area contributed by atoms with Crippen molar-refractivity contribution in [3.05, 3.63) is 0 Å². The van der Waals surface area contributed by atoms with Gasteiger partial charge in [-0.25, -0.2) is 0 Å². The maximum atomic E-state index is 9.89. The van der Waals surface area contributed by atoms with Gasteiger partial charge in [-0.15, -0.1) is 0 Å². The van der Waals surface area contributed by atoms with E-state index in [0.29, 0.717) is 4.48 Å². The molecule has 5 N–H and O–H groups in total. The standard InChI is InChI=1S/C5H11NO2.H5N3/c1-6(2,3)4-5(7)8;1-3-2/h4H2,1-3H3;3H,1-2H2. The minimum Gasteiger partial charge on any atom is -0.544 e. The number of likely N-dealkylation sites (N-methyl/N-ethyl adjacent to an activating group) is 1. The molecule has 6 nitrogen and oxygen atoms in total. The van der Waals surface area contributed by atoms with Crippen LogP contribution in [-0.2, 0) is 4.79 Å². The summed E-state index contributed by atoms with van der Waals surface area (Å²) < 4.78 is 0.419. The molecule has 0 aromatic rings. The van der Waals surface area contributed by atoms with Crippen LogP contribution in [0.15, 0.2) is 0 Å². The van der Waals surface area contributed by atoms with Crippen molar-refractivity contribution in [3.8, 4) is 0 Å². The van der Waals surface area contributed by atoms with E-state index >= 15 is 0 Å². The maximum Gasteiger partial charge on any atom is 0.118 e. The van der Waals surface area contributed by atoms with Gasteiger partial charge in [-0.05, 0) is 0 Å². The van der Waals surface area contributed by atoms with Gasteiger partial charge in [0.15, 0.2) is 0 Å². The van der Waals surface area contributed by atoms with Gasteiger partial charge in [0.05, 0.1) is 27.1 Å². The summed E-state index contributed by atoms with van der Waals surface area (Å²) in [4.78, 5) is 9.89. The smallest absolute Gasteiger partial charge is 0.118 e. The van der Waals surface area contributed by atoms with Crippen LogP contribution in [0.3, 0.4) is 0 Å². The highest BCUT2D eigenvalue weighted by atomic mass is 16.4. The van der Waals surface area contributed by atoms with Gasteiger partial charge in [0.1, 0.15) is 6.54 Å². The molecule has 0 aliphatic heterocycles. The first-order valence-corrected chi connectivity index (χ1v) is 3.00. The number of nitrogens with two attached hydrogens (primary N) is 2. The van der Waals surface area contributed by atoms with Crippen LogP contribution in [0, 0.1) is 0 Å². The Kier molecular flexibility index (Phi) is 7.12. The molecular formula is C5H16N4O2. The van der Waals surface area contributed by atoms with E-state index in [1.807, 2.05) is 0 Å². The summed E-state index contributed by atoms with van der Waals surface area (Å²) in [6.45, 7) is 0.0694. The fourth-order valence-electron chi connectivity index (χ4n) is 0.387. The molecule has 0 aromatic heterocycles. The zero-order valence-corrected chi connectivity index (χ0v) is 7.13. The topological polar surface area (TPSA) is 104 Å². The number of aliphatic carboxylic acids is 1. The second-order valence-electron chi connectivity index (χ2n) is 2.99. The highest BCUT2D eigenvalue weighted by molar-refractivity contribution is 5.65. The van der Waals surface area contributed by atoms with Crippen LogP contribution < -0.4 is 22.3 Å². The van der Waals surface area contributed by atoms with Crippen molar-refractivity contribution < 1.29 is 14.4 Å². The fourth-order valence-corrected chi connectivity index (χ4v) is 0.387. The first kappa shape index (κ1) is 12.9. The minimum absolute atomic E-state index is 0.0694.